The van der Waals surface area contributed by atoms with Crippen LogP contribution < -0.4 is 11.1 Å². The van der Waals surface area contributed by atoms with E-state index >= 15 is 0 Å². The highest BCUT2D eigenvalue weighted by Crippen LogP contribution is 2.26. The SMILES string of the molecule is NC(=O)[C@H](Cc1csc2ccccc12)NC(=O)CCCc1ccccc1. The first-order valence-electron chi connectivity index (χ1n) is 8.71. The Bertz CT molecular complexity index is 889. The maximum Gasteiger partial charge on any atom is 0.240 e. The minimum absolute atomic E-state index is 0.135. The number of hydrogen-bond donors (Lipinski definition) is 2. The highest BCUT2D eigenvalue weighted by atomic mass is 32.1. The van der Waals surface area contributed by atoms with E-state index < -0.39 is 11.9 Å². The number of nitrogens with two attached hydrogens (primary N) is 1. The molecule has 134 valence electrons. The number of rotatable bonds is 8. The Morgan fingerprint density at radius 2 is 1.77 bits per heavy atom. The number of aryl methyl sites for hydroxylation is 1. The average molecular weight is 366 g/mol. The molecule has 0 spiro atoms. The molecule has 1 heterocycles. The van der Waals surface area contributed by atoms with Crippen molar-refractivity contribution in [1.82, 2.24) is 5.32 Å². The van der Waals surface area contributed by atoms with E-state index in [-0.39, 0.29) is 5.91 Å². The van der Waals surface area contributed by atoms with E-state index in [4.69, 9.17) is 5.73 Å². The maximum atomic E-state index is 12.2. The van der Waals surface area contributed by atoms with Gasteiger partial charge in [-0.05, 0) is 40.8 Å². The molecule has 1 atom stereocenters. The van der Waals surface area contributed by atoms with Crippen LogP contribution >= 0.6 is 11.3 Å². The monoisotopic (exact) mass is 366 g/mol. The van der Waals surface area contributed by atoms with Crippen molar-refractivity contribution in [2.24, 2.45) is 5.73 Å². The summed E-state index contributed by atoms with van der Waals surface area (Å²) in [5.74, 6) is -0.638. The predicted octanol–water partition coefficient (Wildman–Crippen LogP) is 3.44. The summed E-state index contributed by atoms with van der Waals surface area (Å²) in [5, 5.41) is 5.94. The van der Waals surface area contributed by atoms with Gasteiger partial charge in [0.2, 0.25) is 11.8 Å². The average Bonchev–Trinajstić information content (AvgIpc) is 3.05. The van der Waals surface area contributed by atoms with Crippen LogP contribution in [0.4, 0.5) is 0 Å². The van der Waals surface area contributed by atoms with Crippen molar-refractivity contribution in [3.63, 3.8) is 0 Å². The number of amides is 2. The standard InChI is InChI=1S/C21H22N2O2S/c22-21(25)18(13-16-14-26-19-11-5-4-10-17(16)19)23-20(24)12-6-9-15-7-2-1-3-8-15/h1-5,7-8,10-11,14,18H,6,9,12-13H2,(H2,22,25)(H,23,24)/t18-/m0/s1. The summed E-state index contributed by atoms with van der Waals surface area (Å²) >= 11 is 1.63. The topological polar surface area (TPSA) is 72.2 Å². The van der Waals surface area contributed by atoms with Crippen molar-refractivity contribution < 1.29 is 9.59 Å². The minimum Gasteiger partial charge on any atom is -0.368 e. The Kier molecular flexibility index (Phi) is 6.02. The number of thiophene rings is 1. The minimum atomic E-state index is -0.683. The van der Waals surface area contributed by atoms with Gasteiger partial charge in [-0.3, -0.25) is 9.59 Å². The second kappa shape index (κ2) is 8.63. The molecular weight excluding hydrogens is 344 g/mol. The van der Waals surface area contributed by atoms with Gasteiger partial charge in [-0.25, -0.2) is 0 Å². The number of nitrogens with one attached hydrogen (secondary N) is 1. The van der Waals surface area contributed by atoms with Crippen LogP contribution in [-0.2, 0) is 22.4 Å². The third-order valence-corrected chi connectivity index (χ3v) is 5.39. The third kappa shape index (κ3) is 4.70. The Hall–Kier alpha value is -2.66. The lowest BCUT2D eigenvalue weighted by Crippen LogP contribution is -2.45. The van der Waals surface area contributed by atoms with Gasteiger partial charge in [-0.2, -0.15) is 0 Å². The van der Waals surface area contributed by atoms with Crippen molar-refractivity contribution in [3.8, 4) is 0 Å². The molecule has 26 heavy (non-hydrogen) atoms. The van der Waals surface area contributed by atoms with E-state index in [1.54, 1.807) is 11.3 Å². The fraction of sp³-hybridized carbons (Fsp3) is 0.238. The smallest absolute Gasteiger partial charge is 0.240 e. The molecule has 0 radical (unpaired) electrons. The van der Waals surface area contributed by atoms with Crippen LogP contribution in [0.2, 0.25) is 0 Å². The van der Waals surface area contributed by atoms with E-state index in [9.17, 15) is 9.59 Å². The molecule has 0 bridgehead atoms. The molecule has 5 heteroatoms. The van der Waals surface area contributed by atoms with Gasteiger partial charge in [0.1, 0.15) is 6.04 Å². The lowest BCUT2D eigenvalue weighted by atomic mass is 10.0. The van der Waals surface area contributed by atoms with E-state index in [2.05, 4.69) is 5.32 Å². The maximum absolute atomic E-state index is 12.2. The Labute approximate surface area is 157 Å². The van der Waals surface area contributed by atoms with E-state index in [0.29, 0.717) is 12.8 Å². The fourth-order valence-corrected chi connectivity index (χ4v) is 3.97. The number of benzene rings is 2. The fourth-order valence-electron chi connectivity index (χ4n) is 3.00. The van der Waals surface area contributed by atoms with Crippen LogP contribution in [0, 0.1) is 0 Å². The molecule has 1 aromatic heterocycles. The van der Waals surface area contributed by atoms with Gasteiger partial charge in [-0.1, -0.05) is 48.5 Å². The zero-order valence-electron chi connectivity index (χ0n) is 14.5. The van der Waals surface area contributed by atoms with Crippen molar-refractivity contribution in [2.45, 2.75) is 31.7 Å². The van der Waals surface area contributed by atoms with Crippen LogP contribution in [0.25, 0.3) is 10.1 Å². The Morgan fingerprint density at radius 3 is 2.54 bits per heavy atom. The molecule has 0 saturated heterocycles. The summed E-state index contributed by atoms with van der Waals surface area (Å²) in [4.78, 5) is 24.0. The van der Waals surface area contributed by atoms with Crippen molar-refractivity contribution in [2.75, 3.05) is 0 Å². The van der Waals surface area contributed by atoms with Crippen LogP contribution in [0.1, 0.15) is 24.0 Å². The van der Waals surface area contributed by atoms with E-state index in [1.807, 2.05) is 60.0 Å². The highest BCUT2D eigenvalue weighted by molar-refractivity contribution is 7.17. The molecule has 0 saturated carbocycles. The molecule has 2 amide bonds. The number of fused-ring (bicyclic) bond motifs is 1. The molecule has 3 N–H and O–H groups in total. The second-order valence-electron chi connectivity index (χ2n) is 6.32. The Morgan fingerprint density at radius 1 is 1.04 bits per heavy atom. The number of primary amides is 1. The van der Waals surface area contributed by atoms with Gasteiger partial charge in [-0.15, -0.1) is 11.3 Å². The van der Waals surface area contributed by atoms with Crippen molar-refractivity contribution in [3.05, 3.63) is 71.1 Å². The quantitative estimate of drug-likeness (QED) is 0.641. The molecule has 0 unspecified atom stereocenters. The molecule has 3 rings (SSSR count). The van der Waals surface area contributed by atoms with Gasteiger partial charge in [0.05, 0.1) is 0 Å². The highest BCUT2D eigenvalue weighted by Gasteiger charge is 2.20. The van der Waals surface area contributed by atoms with E-state index in [1.165, 1.54) is 10.3 Å². The van der Waals surface area contributed by atoms with Crippen LogP contribution in [0.3, 0.4) is 0 Å². The zero-order valence-corrected chi connectivity index (χ0v) is 15.3. The summed E-state index contributed by atoms with van der Waals surface area (Å²) in [6, 6.07) is 17.4. The van der Waals surface area contributed by atoms with Gasteiger partial charge in [0, 0.05) is 17.5 Å². The normalized spacial score (nSPS) is 12.0. The lowest BCUT2D eigenvalue weighted by Gasteiger charge is -2.15. The summed E-state index contributed by atoms with van der Waals surface area (Å²) in [6.45, 7) is 0. The first kappa shape index (κ1) is 18.1. The number of hydrogen-bond acceptors (Lipinski definition) is 3. The van der Waals surface area contributed by atoms with Crippen LogP contribution in [0.15, 0.2) is 60.0 Å². The number of carbonyl (C=O) groups excluding carboxylic acids is 2. The zero-order chi connectivity index (χ0) is 18.4. The summed E-state index contributed by atoms with van der Waals surface area (Å²) in [5.41, 5.74) is 7.76. The third-order valence-electron chi connectivity index (χ3n) is 4.38. The van der Waals surface area contributed by atoms with Crippen LogP contribution in [0.5, 0.6) is 0 Å². The molecule has 4 nitrogen and oxygen atoms in total. The van der Waals surface area contributed by atoms with E-state index in [0.717, 1.165) is 23.8 Å². The molecular formula is C21H22N2O2S. The first-order valence-corrected chi connectivity index (χ1v) is 9.59. The van der Waals surface area contributed by atoms with Crippen molar-refractivity contribution >= 4 is 33.2 Å². The van der Waals surface area contributed by atoms with Gasteiger partial charge >= 0.3 is 0 Å². The Balaban J connectivity index is 1.56. The summed E-state index contributed by atoms with van der Waals surface area (Å²) in [7, 11) is 0. The number of carbonyl (C=O) groups is 2. The lowest BCUT2D eigenvalue weighted by molar-refractivity contribution is -0.127. The largest absolute Gasteiger partial charge is 0.368 e. The first-order chi connectivity index (χ1) is 12.6. The van der Waals surface area contributed by atoms with Gasteiger partial charge in [0.15, 0.2) is 0 Å². The molecule has 0 aliphatic carbocycles. The molecule has 0 aliphatic heterocycles. The van der Waals surface area contributed by atoms with Crippen LogP contribution in [-0.4, -0.2) is 17.9 Å². The molecule has 0 aliphatic rings. The molecule has 3 aromatic rings. The van der Waals surface area contributed by atoms with Gasteiger partial charge in [0.25, 0.3) is 0 Å². The molecule has 2 aromatic carbocycles. The van der Waals surface area contributed by atoms with Gasteiger partial charge < -0.3 is 11.1 Å². The molecule has 0 fully saturated rings. The van der Waals surface area contributed by atoms with Crippen molar-refractivity contribution in [1.29, 1.82) is 0 Å². The second-order valence-corrected chi connectivity index (χ2v) is 7.23. The summed E-state index contributed by atoms with van der Waals surface area (Å²) < 4.78 is 1.17. The summed E-state index contributed by atoms with van der Waals surface area (Å²) in [6.07, 6.45) is 2.38. The predicted molar refractivity (Wildman–Crippen MR) is 106 cm³/mol.